The lowest BCUT2D eigenvalue weighted by atomic mass is 9.89. The molecule has 2 aliphatic rings. The molecule has 2 aliphatic heterocycles. The zero-order valence-corrected chi connectivity index (χ0v) is 21.9. The Bertz CT molecular complexity index is 1120. The van der Waals surface area contributed by atoms with E-state index in [1.54, 1.807) is 4.90 Å². The Morgan fingerprint density at radius 2 is 1.62 bits per heavy atom. The summed E-state index contributed by atoms with van der Waals surface area (Å²) < 4.78 is 20.1. The van der Waals surface area contributed by atoms with Crippen molar-refractivity contribution in [3.8, 4) is 0 Å². The Balaban J connectivity index is 1.52. The van der Waals surface area contributed by atoms with Gasteiger partial charge in [0.1, 0.15) is 17.8 Å². The van der Waals surface area contributed by atoms with E-state index < -0.39 is 23.9 Å². The minimum absolute atomic E-state index is 0.0114. The molecule has 3 atom stereocenters. The summed E-state index contributed by atoms with van der Waals surface area (Å²) in [6, 6.07) is 16.4. The van der Waals surface area contributed by atoms with Crippen molar-refractivity contribution in [1.29, 1.82) is 0 Å². The fraction of sp³-hybridized carbons (Fsp3) is 0.483. The van der Waals surface area contributed by atoms with Crippen molar-refractivity contribution in [3.05, 3.63) is 71.3 Å². The number of rotatable bonds is 8. The van der Waals surface area contributed by atoms with Gasteiger partial charge in [0.2, 0.25) is 17.7 Å². The molecule has 3 unspecified atom stereocenters. The second-order valence-corrected chi connectivity index (χ2v) is 10.5. The average molecular weight is 510 g/mol. The summed E-state index contributed by atoms with van der Waals surface area (Å²) in [5.41, 5.74) is 2.20. The molecule has 2 aromatic rings. The maximum absolute atomic E-state index is 14.6. The van der Waals surface area contributed by atoms with E-state index in [2.05, 4.69) is 31.3 Å². The van der Waals surface area contributed by atoms with Gasteiger partial charge in [-0.05, 0) is 22.6 Å². The third-order valence-electron chi connectivity index (χ3n) is 7.54. The van der Waals surface area contributed by atoms with E-state index in [4.69, 9.17) is 4.74 Å². The van der Waals surface area contributed by atoms with E-state index in [0.717, 1.165) is 11.1 Å². The fourth-order valence-corrected chi connectivity index (χ4v) is 5.19. The van der Waals surface area contributed by atoms with E-state index in [-0.39, 0.29) is 37.1 Å². The highest BCUT2D eigenvalue weighted by Gasteiger charge is 2.49. The maximum atomic E-state index is 14.6. The average Bonchev–Trinajstić information content (AvgIpc) is 3.26. The Morgan fingerprint density at radius 3 is 2.19 bits per heavy atom. The van der Waals surface area contributed by atoms with Crippen LogP contribution in [0.5, 0.6) is 0 Å². The first kappa shape index (κ1) is 26.8. The molecule has 1 N–H and O–H groups in total. The van der Waals surface area contributed by atoms with Crippen LogP contribution < -0.4 is 5.32 Å². The normalized spacial score (nSPS) is 21.5. The SMILES string of the molecule is COC1(CC(=O)N2CC(F)CC2C(=O)NC(c2ccccc2)c2ccc(C(C)C)cc2)CN(C(C)=O)C1. The predicted molar refractivity (Wildman–Crippen MR) is 139 cm³/mol. The van der Waals surface area contributed by atoms with Gasteiger partial charge in [0.05, 0.1) is 32.1 Å². The van der Waals surface area contributed by atoms with Gasteiger partial charge in [-0.25, -0.2) is 4.39 Å². The monoisotopic (exact) mass is 509 g/mol. The molecule has 0 saturated carbocycles. The molecule has 0 spiro atoms. The summed E-state index contributed by atoms with van der Waals surface area (Å²) in [7, 11) is 1.51. The van der Waals surface area contributed by atoms with Crippen molar-refractivity contribution in [2.24, 2.45) is 0 Å². The highest BCUT2D eigenvalue weighted by molar-refractivity contribution is 5.89. The second-order valence-electron chi connectivity index (χ2n) is 10.5. The van der Waals surface area contributed by atoms with Crippen molar-refractivity contribution in [1.82, 2.24) is 15.1 Å². The van der Waals surface area contributed by atoms with E-state index in [1.165, 1.54) is 24.5 Å². The smallest absolute Gasteiger partial charge is 0.243 e. The molecule has 2 aromatic carbocycles. The van der Waals surface area contributed by atoms with Crippen LogP contribution >= 0.6 is 0 Å². The van der Waals surface area contributed by atoms with Gasteiger partial charge in [0.15, 0.2) is 0 Å². The number of carbonyl (C=O) groups excluding carboxylic acids is 3. The van der Waals surface area contributed by atoms with Gasteiger partial charge in [-0.1, -0.05) is 68.4 Å². The highest BCUT2D eigenvalue weighted by Crippen LogP contribution is 2.32. The molecule has 2 fully saturated rings. The highest BCUT2D eigenvalue weighted by atomic mass is 19.1. The standard InChI is InChI=1S/C29H36FN3O4/c1-19(2)21-10-12-23(13-11-21)27(22-8-6-5-7-9-22)31-28(36)25-14-24(30)16-33(25)26(35)15-29(37-4)17-32(18-29)20(3)34/h5-13,19,24-25,27H,14-18H2,1-4H3,(H,31,36). The van der Waals surface area contributed by atoms with Gasteiger partial charge in [0.25, 0.3) is 0 Å². The Hall–Kier alpha value is -3.26. The number of nitrogens with one attached hydrogen (secondary N) is 1. The minimum Gasteiger partial charge on any atom is -0.374 e. The first-order valence-corrected chi connectivity index (χ1v) is 12.8. The van der Waals surface area contributed by atoms with Crippen LogP contribution in [-0.2, 0) is 19.1 Å². The molecule has 0 radical (unpaired) electrons. The van der Waals surface area contributed by atoms with Crippen LogP contribution in [0.1, 0.15) is 62.3 Å². The van der Waals surface area contributed by atoms with Gasteiger partial charge < -0.3 is 19.9 Å². The molecule has 8 heteroatoms. The molecule has 4 rings (SSSR count). The molecule has 2 heterocycles. The Labute approximate surface area is 218 Å². The number of methoxy groups -OCH3 is 1. The lowest BCUT2D eigenvalue weighted by Gasteiger charge is -2.48. The van der Waals surface area contributed by atoms with Crippen LogP contribution in [-0.4, -0.2) is 72.1 Å². The van der Waals surface area contributed by atoms with Crippen LogP contribution in [0.4, 0.5) is 4.39 Å². The van der Waals surface area contributed by atoms with E-state index in [9.17, 15) is 18.8 Å². The van der Waals surface area contributed by atoms with Crippen molar-refractivity contribution in [2.75, 3.05) is 26.7 Å². The minimum atomic E-state index is -1.28. The molecule has 0 aliphatic carbocycles. The van der Waals surface area contributed by atoms with Crippen LogP contribution in [0.3, 0.4) is 0 Å². The number of hydrogen-bond acceptors (Lipinski definition) is 4. The first-order chi connectivity index (χ1) is 17.6. The van der Waals surface area contributed by atoms with Crippen molar-refractivity contribution < 1.29 is 23.5 Å². The fourth-order valence-electron chi connectivity index (χ4n) is 5.19. The lowest BCUT2D eigenvalue weighted by molar-refractivity contribution is -0.169. The third kappa shape index (κ3) is 5.85. The van der Waals surface area contributed by atoms with E-state index in [1.807, 2.05) is 42.5 Å². The molecule has 37 heavy (non-hydrogen) atoms. The number of carbonyl (C=O) groups is 3. The van der Waals surface area contributed by atoms with Gasteiger partial charge in [-0.2, -0.15) is 0 Å². The number of ether oxygens (including phenoxy) is 1. The lowest BCUT2D eigenvalue weighted by Crippen LogP contribution is -2.65. The van der Waals surface area contributed by atoms with Crippen molar-refractivity contribution in [2.45, 2.75) is 63.4 Å². The van der Waals surface area contributed by atoms with Gasteiger partial charge in [-0.15, -0.1) is 0 Å². The summed E-state index contributed by atoms with van der Waals surface area (Å²) >= 11 is 0. The maximum Gasteiger partial charge on any atom is 0.243 e. The number of halogens is 1. The third-order valence-corrected chi connectivity index (χ3v) is 7.54. The van der Waals surface area contributed by atoms with Crippen molar-refractivity contribution in [3.63, 3.8) is 0 Å². The van der Waals surface area contributed by atoms with Crippen LogP contribution in [0, 0.1) is 0 Å². The molecular weight excluding hydrogens is 473 g/mol. The molecule has 2 saturated heterocycles. The Kier molecular flexibility index (Phi) is 7.97. The molecule has 3 amide bonds. The summed E-state index contributed by atoms with van der Waals surface area (Å²) in [6.45, 7) is 6.19. The molecule has 0 aromatic heterocycles. The number of alkyl halides is 1. The topological polar surface area (TPSA) is 79.0 Å². The molecular formula is C29H36FN3O4. The van der Waals surface area contributed by atoms with E-state index >= 15 is 0 Å². The van der Waals surface area contributed by atoms with E-state index in [0.29, 0.717) is 19.0 Å². The zero-order valence-electron chi connectivity index (χ0n) is 21.9. The van der Waals surface area contributed by atoms with Crippen LogP contribution in [0.2, 0.25) is 0 Å². The molecule has 0 bridgehead atoms. The molecule has 7 nitrogen and oxygen atoms in total. The van der Waals surface area contributed by atoms with Gasteiger partial charge >= 0.3 is 0 Å². The summed E-state index contributed by atoms with van der Waals surface area (Å²) in [5.74, 6) is -0.439. The summed E-state index contributed by atoms with van der Waals surface area (Å²) in [6.07, 6.45) is -1.35. The number of amides is 3. The largest absolute Gasteiger partial charge is 0.374 e. The van der Waals surface area contributed by atoms with Crippen LogP contribution in [0.15, 0.2) is 54.6 Å². The predicted octanol–water partition coefficient (Wildman–Crippen LogP) is 3.59. The van der Waals surface area contributed by atoms with Gasteiger partial charge in [-0.3, -0.25) is 14.4 Å². The Morgan fingerprint density at radius 1 is 1.03 bits per heavy atom. The quantitative estimate of drug-likeness (QED) is 0.590. The van der Waals surface area contributed by atoms with Crippen molar-refractivity contribution >= 4 is 17.7 Å². The zero-order chi connectivity index (χ0) is 26.7. The number of nitrogens with zero attached hydrogens (tertiary/aromatic N) is 2. The van der Waals surface area contributed by atoms with Gasteiger partial charge in [0, 0.05) is 20.5 Å². The van der Waals surface area contributed by atoms with Crippen LogP contribution in [0.25, 0.3) is 0 Å². The second kappa shape index (κ2) is 11.0. The number of benzene rings is 2. The first-order valence-electron chi connectivity index (χ1n) is 12.8. The summed E-state index contributed by atoms with van der Waals surface area (Å²) in [5, 5.41) is 3.09. The number of likely N-dealkylation sites (tertiary alicyclic amines) is 2. The summed E-state index contributed by atoms with van der Waals surface area (Å²) in [4.78, 5) is 41.4. The molecule has 198 valence electrons. The number of hydrogen-bond donors (Lipinski definition) is 1.